The van der Waals surface area contributed by atoms with Crippen molar-refractivity contribution >= 4 is 15.9 Å². The summed E-state index contributed by atoms with van der Waals surface area (Å²) in [6.07, 6.45) is 9.46. The highest BCUT2D eigenvalue weighted by atomic mass is 79.9. The van der Waals surface area contributed by atoms with Crippen LogP contribution in [0.5, 0.6) is 0 Å². The van der Waals surface area contributed by atoms with E-state index in [2.05, 4.69) is 41.1 Å². The van der Waals surface area contributed by atoms with E-state index in [4.69, 9.17) is 0 Å². The van der Waals surface area contributed by atoms with Crippen LogP contribution in [-0.4, -0.2) is 14.6 Å². The summed E-state index contributed by atoms with van der Waals surface area (Å²) >= 11 is 3.84. The first-order chi connectivity index (χ1) is 7.69. The van der Waals surface area contributed by atoms with E-state index in [1.54, 1.807) is 0 Å². The summed E-state index contributed by atoms with van der Waals surface area (Å²) in [4.78, 5) is 0.702. The number of hydrogen-bond donors (Lipinski definition) is 0. The van der Waals surface area contributed by atoms with Gasteiger partial charge in [-0.05, 0) is 50.0 Å². The molecule has 90 valence electrons. The van der Waals surface area contributed by atoms with Gasteiger partial charge in [0.15, 0.2) is 0 Å². The Bertz CT molecular complexity index is 334. The van der Waals surface area contributed by atoms with Crippen molar-refractivity contribution in [2.45, 2.75) is 50.9 Å². The van der Waals surface area contributed by atoms with Crippen molar-refractivity contribution in [3.63, 3.8) is 0 Å². The Morgan fingerprint density at radius 2 is 2.31 bits per heavy atom. The molecule has 1 heterocycles. The molecule has 16 heavy (non-hydrogen) atoms. The summed E-state index contributed by atoms with van der Waals surface area (Å²) in [5.74, 6) is 1.68. The van der Waals surface area contributed by atoms with Crippen LogP contribution in [-0.2, 0) is 13.0 Å². The normalized spacial score (nSPS) is 30.6. The van der Waals surface area contributed by atoms with Gasteiger partial charge in [-0.2, -0.15) is 5.10 Å². The molecular formula is C13H21BrN2. The van der Waals surface area contributed by atoms with Gasteiger partial charge in [0, 0.05) is 17.6 Å². The van der Waals surface area contributed by atoms with Gasteiger partial charge in [0.25, 0.3) is 0 Å². The predicted octanol–water partition coefficient (Wildman–Crippen LogP) is 3.65. The van der Waals surface area contributed by atoms with Crippen molar-refractivity contribution in [3.8, 4) is 0 Å². The second-order valence-corrected chi connectivity index (χ2v) is 6.28. The van der Waals surface area contributed by atoms with Gasteiger partial charge in [-0.1, -0.05) is 22.9 Å². The Hall–Kier alpha value is -0.310. The van der Waals surface area contributed by atoms with Crippen LogP contribution in [0.2, 0.25) is 0 Å². The maximum atomic E-state index is 4.35. The summed E-state index contributed by atoms with van der Waals surface area (Å²) in [7, 11) is 0. The van der Waals surface area contributed by atoms with Gasteiger partial charge in [-0.25, -0.2) is 0 Å². The Morgan fingerprint density at radius 1 is 1.50 bits per heavy atom. The summed E-state index contributed by atoms with van der Waals surface area (Å²) in [6.45, 7) is 5.48. The maximum Gasteiger partial charge on any atom is 0.0521 e. The minimum absolute atomic E-state index is 0.702. The lowest BCUT2D eigenvalue weighted by molar-refractivity contribution is 0.294. The number of alkyl halides is 1. The van der Waals surface area contributed by atoms with Gasteiger partial charge in [-0.15, -0.1) is 0 Å². The molecule has 0 aliphatic heterocycles. The molecule has 3 atom stereocenters. The molecule has 1 aromatic rings. The smallest absolute Gasteiger partial charge is 0.0521 e. The van der Waals surface area contributed by atoms with Crippen molar-refractivity contribution in [3.05, 3.63) is 18.0 Å². The van der Waals surface area contributed by atoms with E-state index in [-0.39, 0.29) is 0 Å². The van der Waals surface area contributed by atoms with Crippen LogP contribution >= 0.6 is 15.9 Å². The van der Waals surface area contributed by atoms with E-state index in [1.165, 1.54) is 31.2 Å². The standard InChI is InChI=1S/C13H21BrN2/c1-3-16-9-11(8-15-16)7-12-6-10(2)4-5-13(12)14/h8-10,12-13H,3-7H2,1-2H3. The molecule has 1 saturated carbocycles. The molecule has 2 nitrogen and oxygen atoms in total. The molecule has 0 bridgehead atoms. The van der Waals surface area contributed by atoms with Crippen molar-refractivity contribution in [1.82, 2.24) is 9.78 Å². The minimum Gasteiger partial charge on any atom is -0.273 e. The summed E-state index contributed by atoms with van der Waals surface area (Å²) < 4.78 is 2.02. The lowest BCUT2D eigenvalue weighted by Crippen LogP contribution is -2.25. The first-order valence-corrected chi connectivity index (χ1v) is 7.26. The topological polar surface area (TPSA) is 17.8 Å². The molecule has 1 aliphatic rings. The highest BCUT2D eigenvalue weighted by Gasteiger charge is 2.26. The van der Waals surface area contributed by atoms with Crippen LogP contribution in [0.15, 0.2) is 12.4 Å². The number of rotatable bonds is 3. The average Bonchev–Trinajstić information content (AvgIpc) is 2.71. The molecule has 0 spiro atoms. The van der Waals surface area contributed by atoms with Gasteiger partial charge in [-0.3, -0.25) is 4.68 Å². The highest BCUT2D eigenvalue weighted by molar-refractivity contribution is 9.09. The lowest BCUT2D eigenvalue weighted by Gasteiger charge is -2.31. The molecular weight excluding hydrogens is 264 g/mol. The van der Waals surface area contributed by atoms with Gasteiger partial charge in [0.1, 0.15) is 0 Å². The average molecular weight is 285 g/mol. The van der Waals surface area contributed by atoms with Gasteiger partial charge in [0.05, 0.1) is 6.20 Å². The van der Waals surface area contributed by atoms with E-state index < -0.39 is 0 Å². The SMILES string of the molecule is CCn1cc(CC2CC(C)CCC2Br)cn1. The fourth-order valence-electron chi connectivity index (χ4n) is 2.66. The Labute approximate surface area is 107 Å². The van der Waals surface area contributed by atoms with E-state index in [9.17, 15) is 0 Å². The maximum absolute atomic E-state index is 4.35. The molecule has 0 radical (unpaired) electrons. The zero-order valence-electron chi connectivity index (χ0n) is 10.2. The molecule has 3 unspecified atom stereocenters. The first kappa shape index (κ1) is 12.2. The summed E-state index contributed by atoms with van der Waals surface area (Å²) in [6, 6.07) is 0. The van der Waals surface area contributed by atoms with Gasteiger partial charge in [0.2, 0.25) is 0 Å². The summed E-state index contributed by atoms with van der Waals surface area (Å²) in [5.41, 5.74) is 1.39. The monoisotopic (exact) mass is 284 g/mol. The van der Waals surface area contributed by atoms with Crippen LogP contribution in [0.1, 0.15) is 38.7 Å². The molecule has 2 rings (SSSR count). The zero-order chi connectivity index (χ0) is 11.5. The Balaban J connectivity index is 1.97. The second kappa shape index (κ2) is 5.35. The van der Waals surface area contributed by atoms with Crippen LogP contribution in [0.3, 0.4) is 0 Å². The predicted molar refractivity (Wildman–Crippen MR) is 70.8 cm³/mol. The third kappa shape index (κ3) is 2.88. The van der Waals surface area contributed by atoms with E-state index in [0.29, 0.717) is 4.83 Å². The molecule has 0 aromatic carbocycles. The number of halogens is 1. The van der Waals surface area contributed by atoms with Crippen LogP contribution in [0, 0.1) is 11.8 Å². The molecule has 0 saturated heterocycles. The molecule has 3 heteroatoms. The highest BCUT2D eigenvalue weighted by Crippen LogP contribution is 2.35. The van der Waals surface area contributed by atoms with E-state index >= 15 is 0 Å². The quantitative estimate of drug-likeness (QED) is 0.775. The van der Waals surface area contributed by atoms with E-state index in [0.717, 1.165) is 18.4 Å². The number of aromatic nitrogens is 2. The fourth-order valence-corrected chi connectivity index (χ4v) is 3.33. The Kier molecular flexibility index (Phi) is 4.06. The van der Waals surface area contributed by atoms with Crippen LogP contribution in [0.4, 0.5) is 0 Å². The van der Waals surface area contributed by atoms with Crippen molar-refractivity contribution in [2.24, 2.45) is 11.8 Å². The van der Waals surface area contributed by atoms with Crippen molar-refractivity contribution < 1.29 is 0 Å². The fraction of sp³-hybridized carbons (Fsp3) is 0.769. The lowest BCUT2D eigenvalue weighted by atomic mass is 9.80. The minimum atomic E-state index is 0.702. The molecule has 0 N–H and O–H groups in total. The van der Waals surface area contributed by atoms with Gasteiger partial charge < -0.3 is 0 Å². The third-order valence-corrected chi connectivity index (χ3v) is 4.87. The number of aryl methyl sites for hydroxylation is 1. The molecule has 1 fully saturated rings. The first-order valence-electron chi connectivity index (χ1n) is 6.34. The third-order valence-electron chi connectivity index (χ3n) is 3.66. The van der Waals surface area contributed by atoms with Crippen molar-refractivity contribution in [1.29, 1.82) is 0 Å². The van der Waals surface area contributed by atoms with Crippen LogP contribution in [0.25, 0.3) is 0 Å². The number of nitrogens with zero attached hydrogens (tertiary/aromatic N) is 2. The molecule has 1 aromatic heterocycles. The zero-order valence-corrected chi connectivity index (χ0v) is 11.8. The van der Waals surface area contributed by atoms with Gasteiger partial charge >= 0.3 is 0 Å². The number of hydrogen-bond acceptors (Lipinski definition) is 1. The van der Waals surface area contributed by atoms with Crippen LogP contribution < -0.4 is 0 Å². The largest absolute Gasteiger partial charge is 0.273 e. The Morgan fingerprint density at radius 3 is 3.00 bits per heavy atom. The summed E-state index contributed by atoms with van der Waals surface area (Å²) in [5, 5.41) is 4.35. The molecule has 1 aliphatic carbocycles. The second-order valence-electron chi connectivity index (χ2n) is 5.10. The molecule has 0 amide bonds. The van der Waals surface area contributed by atoms with Crippen molar-refractivity contribution in [2.75, 3.05) is 0 Å². The van der Waals surface area contributed by atoms with E-state index in [1.807, 2.05) is 10.9 Å².